The average Bonchev–Trinajstić information content (AvgIpc) is 2.26. The molecule has 0 aromatic rings. The van der Waals surface area contributed by atoms with Gasteiger partial charge in [0.15, 0.2) is 0 Å². The van der Waals surface area contributed by atoms with Gasteiger partial charge in [0.1, 0.15) is 11.6 Å². The molecular formula is C12H22N2O4. The molecule has 0 spiro atoms. The normalized spacial score (nSPS) is 19.4. The first-order valence-electron chi connectivity index (χ1n) is 6.17. The van der Waals surface area contributed by atoms with Gasteiger partial charge in [0.05, 0.1) is 0 Å². The Morgan fingerprint density at radius 1 is 1.33 bits per heavy atom. The summed E-state index contributed by atoms with van der Waals surface area (Å²) in [6.45, 7) is 6.45. The maximum atomic E-state index is 11.8. The highest BCUT2D eigenvalue weighted by molar-refractivity contribution is 5.73. The molecule has 3 N–H and O–H groups in total. The maximum Gasteiger partial charge on any atom is 0.410 e. The first kappa shape index (κ1) is 14.8. The summed E-state index contributed by atoms with van der Waals surface area (Å²) in [7, 11) is 0. The van der Waals surface area contributed by atoms with E-state index in [2.05, 4.69) is 0 Å². The monoisotopic (exact) mass is 258 g/mol. The number of piperidine rings is 1. The molecular weight excluding hydrogens is 236 g/mol. The van der Waals surface area contributed by atoms with Crippen LogP contribution in [0.4, 0.5) is 4.79 Å². The van der Waals surface area contributed by atoms with E-state index in [9.17, 15) is 9.59 Å². The Kier molecular flexibility index (Phi) is 4.56. The number of ether oxygens (including phenoxy) is 1. The van der Waals surface area contributed by atoms with E-state index in [1.54, 1.807) is 4.90 Å². The molecule has 0 radical (unpaired) electrons. The van der Waals surface area contributed by atoms with Gasteiger partial charge in [-0.1, -0.05) is 0 Å². The quantitative estimate of drug-likeness (QED) is 0.772. The SMILES string of the molecule is CC(C)(C)OC(=O)N1CCC(C(N)C(=O)O)CC1. The van der Waals surface area contributed by atoms with Gasteiger partial charge in [0.2, 0.25) is 0 Å². The topological polar surface area (TPSA) is 92.9 Å². The van der Waals surface area contributed by atoms with Gasteiger partial charge in [-0.3, -0.25) is 4.79 Å². The standard InChI is InChI=1S/C12H22N2O4/c1-12(2,3)18-11(17)14-6-4-8(5-7-14)9(13)10(15)16/h8-9H,4-7,13H2,1-3H3,(H,15,16). The first-order valence-corrected chi connectivity index (χ1v) is 6.17. The third-order valence-corrected chi connectivity index (χ3v) is 2.98. The molecule has 0 saturated carbocycles. The molecule has 0 aromatic heterocycles. The average molecular weight is 258 g/mol. The molecule has 18 heavy (non-hydrogen) atoms. The Hall–Kier alpha value is -1.30. The zero-order valence-corrected chi connectivity index (χ0v) is 11.2. The summed E-state index contributed by atoms with van der Waals surface area (Å²) in [5.41, 5.74) is 5.07. The van der Waals surface area contributed by atoms with Gasteiger partial charge in [0.25, 0.3) is 0 Å². The number of rotatable bonds is 2. The number of carboxylic acids is 1. The van der Waals surface area contributed by atoms with E-state index in [1.165, 1.54) is 0 Å². The Morgan fingerprint density at radius 3 is 2.22 bits per heavy atom. The van der Waals surface area contributed by atoms with Crippen LogP contribution in [-0.4, -0.2) is 46.8 Å². The third kappa shape index (κ3) is 4.18. The summed E-state index contributed by atoms with van der Waals surface area (Å²) in [5, 5.41) is 8.83. The molecule has 0 aromatic carbocycles. The minimum absolute atomic E-state index is 0.0683. The molecule has 1 fully saturated rings. The summed E-state index contributed by atoms with van der Waals surface area (Å²) < 4.78 is 5.26. The molecule has 6 nitrogen and oxygen atoms in total. The molecule has 0 bridgehead atoms. The number of carbonyl (C=O) groups excluding carboxylic acids is 1. The van der Waals surface area contributed by atoms with Crippen molar-refractivity contribution < 1.29 is 19.4 Å². The maximum absolute atomic E-state index is 11.8. The Bertz CT molecular complexity index is 317. The summed E-state index contributed by atoms with van der Waals surface area (Å²) in [5.74, 6) is -1.05. The minimum Gasteiger partial charge on any atom is -0.480 e. The van der Waals surface area contributed by atoms with Gasteiger partial charge < -0.3 is 20.5 Å². The van der Waals surface area contributed by atoms with Crippen LogP contribution in [-0.2, 0) is 9.53 Å². The molecule has 1 amide bonds. The Morgan fingerprint density at radius 2 is 1.83 bits per heavy atom. The van der Waals surface area contributed by atoms with Gasteiger partial charge in [-0.25, -0.2) is 4.79 Å². The van der Waals surface area contributed by atoms with Gasteiger partial charge >= 0.3 is 12.1 Å². The van der Waals surface area contributed by atoms with E-state index >= 15 is 0 Å². The number of nitrogens with zero attached hydrogens (tertiary/aromatic N) is 1. The van der Waals surface area contributed by atoms with Crippen LogP contribution in [0, 0.1) is 5.92 Å². The second kappa shape index (κ2) is 5.56. The first-order chi connectivity index (χ1) is 8.20. The van der Waals surface area contributed by atoms with Gasteiger partial charge in [0, 0.05) is 13.1 Å². The van der Waals surface area contributed by atoms with Gasteiger partial charge in [-0.15, -0.1) is 0 Å². The van der Waals surface area contributed by atoms with E-state index in [-0.39, 0.29) is 12.0 Å². The second-order valence-electron chi connectivity index (χ2n) is 5.67. The van der Waals surface area contributed by atoms with Crippen molar-refractivity contribution >= 4 is 12.1 Å². The largest absolute Gasteiger partial charge is 0.480 e. The molecule has 1 atom stereocenters. The van der Waals surface area contributed by atoms with Crippen LogP contribution in [0.1, 0.15) is 33.6 Å². The molecule has 1 unspecified atom stereocenters. The van der Waals surface area contributed by atoms with Crippen LogP contribution < -0.4 is 5.73 Å². The van der Waals surface area contributed by atoms with Crippen molar-refractivity contribution in [2.45, 2.75) is 45.3 Å². The van der Waals surface area contributed by atoms with E-state index in [1.807, 2.05) is 20.8 Å². The lowest BCUT2D eigenvalue weighted by atomic mass is 9.90. The van der Waals surface area contributed by atoms with Crippen molar-refractivity contribution in [2.24, 2.45) is 11.7 Å². The predicted molar refractivity (Wildman–Crippen MR) is 66.1 cm³/mol. The van der Waals surface area contributed by atoms with Crippen molar-refractivity contribution in [1.29, 1.82) is 0 Å². The van der Waals surface area contributed by atoms with E-state index < -0.39 is 17.6 Å². The highest BCUT2D eigenvalue weighted by Gasteiger charge is 2.31. The molecule has 0 aliphatic carbocycles. The fraction of sp³-hybridized carbons (Fsp3) is 0.833. The van der Waals surface area contributed by atoms with Crippen LogP contribution >= 0.6 is 0 Å². The predicted octanol–water partition coefficient (Wildman–Crippen LogP) is 1.05. The highest BCUT2D eigenvalue weighted by Crippen LogP contribution is 2.21. The molecule has 1 aliphatic rings. The van der Waals surface area contributed by atoms with Gasteiger partial charge in [-0.05, 0) is 39.5 Å². The van der Waals surface area contributed by atoms with Crippen molar-refractivity contribution in [1.82, 2.24) is 4.90 Å². The smallest absolute Gasteiger partial charge is 0.410 e. The molecule has 1 heterocycles. The summed E-state index contributed by atoms with van der Waals surface area (Å²) in [6, 6.07) is -0.842. The fourth-order valence-corrected chi connectivity index (χ4v) is 1.97. The molecule has 1 aliphatic heterocycles. The van der Waals surface area contributed by atoms with Crippen LogP contribution in [0.25, 0.3) is 0 Å². The summed E-state index contributed by atoms with van der Waals surface area (Å²) >= 11 is 0. The molecule has 6 heteroatoms. The second-order valence-corrected chi connectivity index (χ2v) is 5.67. The van der Waals surface area contributed by atoms with Crippen molar-refractivity contribution in [2.75, 3.05) is 13.1 Å². The number of likely N-dealkylation sites (tertiary alicyclic amines) is 1. The molecule has 104 valence electrons. The van der Waals surface area contributed by atoms with Crippen LogP contribution in [0.5, 0.6) is 0 Å². The summed E-state index contributed by atoms with van der Waals surface area (Å²) in [4.78, 5) is 24.2. The van der Waals surface area contributed by atoms with Crippen LogP contribution in [0.15, 0.2) is 0 Å². The van der Waals surface area contributed by atoms with Gasteiger partial charge in [-0.2, -0.15) is 0 Å². The lowest BCUT2D eigenvalue weighted by Crippen LogP contribution is -2.47. The van der Waals surface area contributed by atoms with Crippen LogP contribution in [0.2, 0.25) is 0 Å². The lowest BCUT2D eigenvalue weighted by molar-refractivity contribution is -0.140. The fourth-order valence-electron chi connectivity index (χ4n) is 1.97. The van der Waals surface area contributed by atoms with E-state index in [0.29, 0.717) is 25.9 Å². The van der Waals surface area contributed by atoms with E-state index in [4.69, 9.17) is 15.6 Å². The Balaban J connectivity index is 2.44. The molecule has 1 saturated heterocycles. The summed E-state index contributed by atoms with van der Waals surface area (Å²) in [6.07, 6.45) is 0.865. The zero-order valence-electron chi connectivity index (χ0n) is 11.2. The number of nitrogens with two attached hydrogens (primary N) is 1. The minimum atomic E-state index is -0.981. The number of carbonyl (C=O) groups is 2. The van der Waals surface area contributed by atoms with Crippen molar-refractivity contribution in [3.05, 3.63) is 0 Å². The van der Waals surface area contributed by atoms with Crippen molar-refractivity contribution in [3.8, 4) is 0 Å². The number of amides is 1. The molecule has 1 rings (SSSR count). The number of aliphatic carboxylic acids is 1. The number of hydrogen-bond donors (Lipinski definition) is 2. The highest BCUT2D eigenvalue weighted by atomic mass is 16.6. The Labute approximate surface area is 107 Å². The zero-order chi connectivity index (χ0) is 13.9. The number of carboxylic acid groups (broad SMARTS) is 1. The van der Waals surface area contributed by atoms with Crippen molar-refractivity contribution in [3.63, 3.8) is 0 Å². The van der Waals surface area contributed by atoms with Crippen LogP contribution in [0.3, 0.4) is 0 Å². The number of hydrogen-bond acceptors (Lipinski definition) is 4. The lowest BCUT2D eigenvalue weighted by Gasteiger charge is -2.34. The van der Waals surface area contributed by atoms with E-state index in [0.717, 1.165) is 0 Å². The third-order valence-electron chi connectivity index (χ3n) is 2.98.